The maximum absolute atomic E-state index is 5.56. The van der Waals surface area contributed by atoms with Crippen molar-refractivity contribution in [3.05, 3.63) is 66.1 Å². The van der Waals surface area contributed by atoms with Gasteiger partial charge in [0.05, 0.1) is 20.3 Å². The van der Waals surface area contributed by atoms with Crippen molar-refractivity contribution < 1.29 is 9.47 Å². The van der Waals surface area contributed by atoms with E-state index in [1.54, 1.807) is 14.2 Å². The molecule has 2 aromatic carbocycles. The zero-order valence-corrected chi connectivity index (χ0v) is 13.7. The number of nitrogens with one attached hydrogen (secondary N) is 1. The second kappa shape index (κ2) is 7.23. The van der Waals surface area contributed by atoms with E-state index in [1.165, 1.54) is 5.56 Å². The molecule has 1 unspecified atom stereocenters. The highest BCUT2D eigenvalue weighted by Gasteiger charge is 2.18. The number of benzene rings is 2. The Morgan fingerprint density at radius 1 is 0.955 bits per heavy atom. The highest BCUT2D eigenvalue weighted by Crippen LogP contribution is 2.33. The Balaban J connectivity index is 2.47. The van der Waals surface area contributed by atoms with Gasteiger partial charge in [-0.15, -0.1) is 12.1 Å². The van der Waals surface area contributed by atoms with Crippen LogP contribution in [0.25, 0.3) is 0 Å². The van der Waals surface area contributed by atoms with E-state index in [1.807, 2.05) is 24.3 Å². The van der Waals surface area contributed by atoms with Gasteiger partial charge < -0.3 is 14.8 Å². The Morgan fingerprint density at radius 2 is 1.64 bits per heavy atom. The molecule has 0 aromatic heterocycles. The maximum atomic E-state index is 5.56. The predicted molar refractivity (Wildman–Crippen MR) is 90.6 cm³/mol. The van der Waals surface area contributed by atoms with Crippen molar-refractivity contribution in [2.75, 3.05) is 14.2 Å². The van der Waals surface area contributed by atoms with Crippen LogP contribution in [-0.4, -0.2) is 20.3 Å². The largest absolute Gasteiger partial charge is 0.497 e. The Labute approximate surface area is 133 Å². The zero-order chi connectivity index (χ0) is 16.1. The molecule has 3 heteroatoms. The van der Waals surface area contributed by atoms with E-state index in [4.69, 9.17) is 9.47 Å². The van der Waals surface area contributed by atoms with Gasteiger partial charge in [0.15, 0.2) is 0 Å². The van der Waals surface area contributed by atoms with Crippen molar-refractivity contribution in [2.24, 2.45) is 0 Å². The Kier molecular flexibility index (Phi) is 5.34. The van der Waals surface area contributed by atoms with Gasteiger partial charge >= 0.3 is 0 Å². The summed E-state index contributed by atoms with van der Waals surface area (Å²) in [5.74, 6) is 1.60. The van der Waals surface area contributed by atoms with Crippen molar-refractivity contribution in [1.29, 1.82) is 0 Å². The van der Waals surface area contributed by atoms with Gasteiger partial charge in [-0.1, -0.05) is 5.56 Å². The van der Waals surface area contributed by atoms with Crippen LogP contribution in [0.4, 0.5) is 0 Å². The molecule has 0 aliphatic heterocycles. The summed E-state index contributed by atoms with van der Waals surface area (Å²) in [7, 11) is 3.34. The van der Waals surface area contributed by atoms with Gasteiger partial charge in [-0.3, -0.25) is 0 Å². The van der Waals surface area contributed by atoms with Crippen LogP contribution >= 0.6 is 0 Å². The lowest BCUT2D eigenvalue weighted by Gasteiger charge is -2.25. The molecule has 22 heavy (non-hydrogen) atoms. The van der Waals surface area contributed by atoms with Crippen molar-refractivity contribution >= 4 is 0 Å². The monoisotopic (exact) mass is 298 g/mol. The molecule has 0 saturated heterocycles. The summed E-state index contributed by atoms with van der Waals surface area (Å²) >= 11 is 0. The third kappa shape index (κ3) is 3.74. The van der Waals surface area contributed by atoms with E-state index >= 15 is 0 Å². The Hall–Kier alpha value is -2.13. The molecule has 118 valence electrons. The number of ether oxygens (including phenoxy) is 2. The van der Waals surface area contributed by atoms with Crippen LogP contribution in [0, 0.1) is 6.92 Å². The highest BCUT2D eigenvalue weighted by atomic mass is 16.5. The fourth-order valence-corrected chi connectivity index (χ4v) is 2.47. The third-order valence-electron chi connectivity index (χ3n) is 3.56. The molecule has 2 aromatic rings. The van der Waals surface area contributed by atoms with Gasteiger partial charge in [-0.05, 0) is 26.0 Å². The van der Waals surface area contributed by atoms with Crippen LogP contribution in [0.3, 0.4) is 0 Å². The lowest BCUT2D eigenvalue weighted by atomic mass is 9.96. The first-order valence-corrected chi connectivity index (χ1v) is 7.45. The number of rotatable bonds is 6. The van der Waals surface area contributed by atoms with Crippen LogP contribution < -0.4 is 14.8 Å². The average molecular weight is 298 g/mol. The molecule has 0 aliphatic carbocycles. The molecular weight excluding hydrogens is 274 g/mol. The molecule has 1 N–H and O–H groups in total. The molecule has 3 nitrogen and oxygen atoms in total. The summed E-state index contributed by atoms with van der Waals surface area (Å²) in [5, 5.41) is 3.60. The topological polar surface area (TPSA) is 30.5 Å². The molecule has 0 saturated carbocycles. The molecule has 0 spiro atoms. The minimum Gasteiger partial charge on any atom is -0.497 e. The second-order valence-corrected chi connectivity index (χ2v) is 5.60. The van der Waals surface area contributed by atoms with Crippen molar-refractivity contribution in [3.8, 4) is 11.5 Å². The molecule has 1 atom stereocenters. The van der Waals surface area contributed by atoms with Crippen molar-refractivity contribution in [3.63, 3.8) is 0 Å². The molecule has 0 fully saturated rings. The lowest BCUT2D eigenvalue weighted by molar-refractivity contribution is 0.385. The van der Waals surface area contributed by atoms with Crippen LogP contribution in [0.2, 0.25) is 0 Å². The molecular formula is C19H24NO2-. The fraction of sp³-hybridized carbons (Fsp3) is 0.316. The number of hydrogen-bond donors (Lipinski definition) is 1. The summed E-state index contributed by atoms with van der Waals surface area (Å²) < 4.78 is 10.8. The third-order valence-corrected chi connectivity index (χ3v) is 3.56. The van der Waals surface area contributed by atoms with E-state index in [9.17, 15) is 0 Å². The van der Waals surface area contributed by atoms with Crippen molar-refractivity contribution in [2.45, 2.75) is 25.9 Å². The molecule has 0 amide bonds. The van der Waals surface area contributed by atoms with Gasteiger partial charge in [0.25, 0.3) is 0 Å². The highest BCUT2D eigenvalue weighted by molar-refractivity contribution is 5.46. The Bertz CT molecular complexity index is 605. The fourth-order valence-electron chi connectivity index (χ4n) is 2.47. The molecule has 0 radical (unpaired) electrons. The molecule has 0 aliphatic rings. The molecule has 0 bridgehead atoms. The smallest absolute Gasteiger partial charge is 0.127 e. The van der Waals surface area contributed by atoms with Gasteiger partial charge in [-0.2, -0.15) is 24.6 Å². The minimum atomic E-state index is 0.0569. The van der Waals surface area contributed by atoms with E-state index in [2.05, 4.69) is 44.3 Å². The van der Waals surface area contributed by atoms with Crippen LogP contribution in [0.5, 0.6) is 11.5 Å². The van der Waals surface area contributed by atoms with Gasteiger partial charge in [0.1, 0.15) is 11.5 Å². The second-order valence-electron chi connectivity index (χ2n) is 5.60. The minimum absolute atomic E-state index is 0.0569. The average Bonchev–Trinajstić information content (AvgIpc) is 2.53. The quantitative estimate of drug-likeness (QED) is 0.818. The number of methoxy groups -OCH3 is 2. The van der Waals surface area contributed by atoms with Crippen LogP contribution in [0.1, 0.15) is 36.6 Å². The first-order valence-electron chi connectivity index (χ1n) is 7.45. The van der Waals surface area contributed by atoms with E-state index in [0.29, 0.717) is 6.04 Å². The summed E-state index contributed by atoms with van der Waals surface area (Å²) in [4.78, 5) is 0. The van der Waals surface area contributed by atoms with E-state index < -0.39 is 0 Å². The summed E-state index contributed by atoms with van der Waals surface area (Å²) in [6, 6.07) is 14.6. The summed E-state index contributed by atoms with van der Waals surface area (Å²) in [6.07, 6.45) is 0. The van der Waals surface area contributed by atoms with Gasteiger partial charge in [-0.25, -0.2) is 0 Å². The van der Waals surface area contributed by atoms with Gasteiger partial charge in [0.2, 0.25) is 0 Å². The van der Waals surface area contributed by atoms with Crippen LogP contribution in [0.15, 0.2) is 42.5 Å². The predicted octanol–water partition coefficient (Wildman–Crippen LogP) is 3.97. The lowest BCUT2D eigenvalue weighted by Crippen LogP contribution is -2.29. The maximum Gasteiger partial charge on any atom is 0.127 e. The normalized spacial score (nSPS) is 12.2. The summed E-state index contributed by atoms with van der Waals surface area (Å²) in [6.45, 7) is 8.22. The van der Waals surface area contributed by atoms with Crippen molar-refractivity contribution in [1.82, 2.24) is 5.32 Å². The number of hydrogen-bond acceptors (Lipinski definition) is 3. The zero-order valence-electron chi connectivity index (χ0n) is 13.7. The summed E-state index contributed by atoms with van der Waals surface area (Å²) in [5.41, 5.74) is 3.28. The molecule has 2 rings (SSSR count). The van der Waals surface area contributed by atoms with Crippen LogP contribution in [-0.2, 0) is 0 Å². The first kappa shape index (κ1) is 16.2. The first-order chi connectivity index (χ1) is 10.5. The van der Waals surface area contributed by atoms with E-state index in [-0.39, 0.29) is 6.04 Å². The van der Waals surface area contributed by atoms with Gasteiger partial charge in [0, 0.05) is 17.7 Å². The standard InChI is InChI=1S/C19H24NO2/c1-13(2)20-19(15-8-6-14(3)7-9-15)17-11-10-16(21-4)12-18(17)22-5/h6-13,19-20H,3H2,1-2,4-5H3/q-1. The Morgan fingerprint density at radius 3 is 2.18 bits per heavy atom. The SMILES string of the molecule is [CH2-]c1ccc(C(NC(C)C)c2ccc(OC)cc2OC)cc1. The van der Waals surface area contributed by atoms with E-state index in [0.717, 1.165) is 22.6 Å². The molecule has 0 heterocycles.